The lowest BCUT2D eigenvalue weighted by Crippen LogP contribution is -2.17. The summed E-state index contributed by atoms with van der Waals surface area (Å²) < 4.78 is 26.8. The van der Waals surface area contributed by atoms with Crippen LogP contribution in [0.15, 0.2) is 54.9 Å². The van der Waals surface area contributed by atoms with E-state index in [2.05, 4.69) is 9.97 Å². The van der Waals surface area contributed by atoms with E-state index in [9.17, 15) is 8.78 Å². The van der Waals surface area contributed by atoms with Crippen molar-refractivity contribution in [2.24, 2.45) is 0 Å². The minimum Gasteiger partial charge on any atom is -0.382 e. The van der Waals surface area contributed by atoms with E-state index in [-0.39, 0.29) is 0 Å². The predicted octanol–water partition coefficient (Wildman–Crippen LogP) is 3.64. The third-order valence-corrected chi connectivity index (χ3v) is 3.69. The van der Waals surface area contributed by atoms with Crippen LogP contribution in [0.4, 0.5) is 20.3 Å². The van der Waals surface area contributed by atoms with Crippen LogP contribution in [0.5, 0.6) is 0 Å². The summed E-state index contributed by atoms with van der Waals surface area (Å²) in [4.78, 5) is 9.96. The minimum absolute atomic E-state index is 0.346. The van der Waals surface area contributed by atoms with Gasteiger partial charge in [0.2, 0.25) is 0 Å². The summed E-state index contributed by atoms with van der Waals surface area (Å²) in [6.07, 6.45) is 3.13. The molecular formula is C18H16F2N4. The number of nitrogens with zero attached hydrogens (tertiary/aromatic N) is 3. The normalized spacial score (nSPS) is 10.6. The van der Waals surface area contributed by atoms with E-state index >= 15 is 0 Å². The molecule has 0 saturated heterocycles. The number of aromatic nitrogens is 2. The van der Waals surface area contributed by atoms with Gasteiger partial charge in [-0.25, -0.2) is 13.8 Å². The van der Waals surface area contributed by atoms with Gasteiger partial charge in [0.15, 0.2) is 0 Å². The molecule has 2 aromatic carbocycles. The molecule has 6 heteroatoms. The van der Waals surface area contributed by atoms with Crippen LogP contribution in [0.1, 0.15) is 5.56 Å². The molecule has 1 heterocycles. The highest BCUT2D eigenvalue weighted by Gasteiger charge is 2.10. The van der Waals surface area contributed by atoms with E-state index in [1.54, 1.807) is 24.3 Å². The van der Waals surface area contributed by atoms with Crippen LogP contribution in [0, 0.1) is 11.6 Å². The lowest BCUT2D eigenvalue weighted by atomic mass is 10.1. The van der Waals surface area contributed by atoms with Crippen LogP contribution in [-0.4, -0.2) is 17.0 Å². The first-order chi connectivity index (χ1) is 11.5. The maximum absolute atomic E-state index is 13.8. The Kier molecular flexibility index (Phi) is 4.37. The highest BCUT2D eigenvalue weighted by Crippen LogP contribution is 2.24. The first-order valence-electron chi connectivity index (χ1n) is 7.36. The van der Waals surface area contributed by atoms with Gasteiger partial charge in [0.25, 0.3) is 0 Å². The minimum atomic E-state index is -0.587. The number of hydrogen-bond donors (Lipinski definition) is 1. The van der Waals surface area contributed by atoms with Crippen molar-refractivity contribution in [1.29, 1.82) is 0 Å². The molecule has 2 N–H and O–H groups in total. The third kappa shape index (κ3) is 3.32. The van der Waals surface area contributed by atoms with Crippen molar-refractivity contribution in [3.8, 4) is 11.3 Å². The molecule has 0 fully saturated rings. The Hall–Kier alpha value is -3.02. The van der Waals surface area contributed by atoms with E-state index in [1.165, 1.54) is 12.1 Å². The molecule has 0 unspecified atom stereocenters. The quantitative estimate of drug-likeness (QED) is 0.795. The van der Waals surface area contributed by atoms with E-state index in [0.29, 0.717) is 23.7 Å². The largest absolute Gasteiger partial charge is 0.382 e. The molecule has 3 rings (SSSR count). The average molecular weight is 326 g/mol. The fourth-order valence-corrected chi connectivity index (χ4v) is 2.49. The summed E-state index contributed by atoms with van der Waals surface area (Å²) >= 11 is 0. The Morgan fingerprint density at radius 2 is 1.71 bits per heavy atom. The molecule has 3 aromatic rings. The lowest BCUT2D eigenvalue weighted by molar-refractivity contribution is 0.581. The molecule has 0 bridgehead atoms. The molecule has 0 aliphatic heterocycles. The van der Waals surface area contributed by atoms with Crippen LogP contribution in [-0.2, 0) is 6.54 Å². The monoisotopic (exact) mass is 326 g/mol. The predicted molar refractivity (Wildman–Crippen MR) is 90.3 cm³/mol. The van der Waals surface area contributed by atoms with E-state index in [0.717, 1.165) is 17.2 Å². The molecule has 0 aliphatic rings. The highest BCUT2D eigenvalue weighted by molar-refractivity contribution is 5.69. The van der Waals surface area contributed by atoms with E-state index in [1.807, 2.05) is 24.3 Å². The van der Waals surface area contributed by atoms with E-state index < -0.39 is 11.6 Å². The van der Waals surface area contributed by atoms with Crippen molar-refractivity contribution in [2.75, 3.05) is 17.7 Å². The molecule has 0 spiro atoms. The number of nitrogens with two attached hydrogens (primary N) is 1. The Balaban J connectivity index is 1.78. The van der Waals surface area contributed by atoms with Crippen molar-refractivity contribution in [3.05, 3.63) is 72.1 Å². The second-order valence-electron chi connectivity index (χ2n) is 5.44. The van der Waals surface area contributed by atoms with Crippen LogP contribution in [0.3, 0.4) is 0 Å². The second-order valence-corrected chi connectivity index (χ2v) is 5.44. The summed E-state index contributed by atoms with van der Waals surface area (Å²) in [5.74, 6) is -0.798. The van der Waals surface area contributed by atoms with Gasteiger partial charge in [-0.1, -0.05) is 24.3 Å². The Morgan fingerprint density at radius 3 is 2.38 bits per heavy atom. The van der Waals surface area contributed by atoms with Crippen LogP contribution in [0.25, 0.3) is 11.3 Å². The smallest absolute Gasteiger partial charge is 0.149 e. The fourth-order valence-electron chi connectivity index (χ4n) is 2.49. The number of halogens is 2. The maximum Gasteiger partial charge on any atom is 0.149 e. The average Bonchev–Trinajstić information content (AvgIpc) is 2.56. The SMILES string of the molecule is CN(Cc1ccc(-c2nccnc2N)cc1)c1ccc(F)cc1F. The van der Waals surface area contributed by atoms with Gasteiger partial charge in [-0.15, -0.1) is 0 Å². The zero-order valence-corrected chi connectivity index (χ0v) is 13.1. The first kappa shape index (κ1) is 15.9. The molecule has 4 nitrogen and oxygen atoms in total. The van der Waals surface area contributed by atoms with Gasteiger partial charge in [0.05, 0.1) is 5.69 Å². The lowest BCUT2D eigenvalue weighted by Gasteiger charge is -2.20. The van der Waals surface area contributed by atoms with Crippen LogP contribution >= 0.6 is 0 Å². The number of anilines is 2. The maximum atomic E-state index is 13.8. The van der Waals surface area contributed by atoms with Crippen molar-refractivity contribution in [3.63, 3.8) is 0 Å². The number of benzene rings is 2. The van der Waals surface area contributed by atoms with Gasteiger partial charge < -0.3 is 10.6 Å². The van der Waals surface area contributed by atoms with Gasteiger partial charge >= 0.3 is 0 Å². The first-order valence-corrected chi connectivity index (χ1v) is 7.36. The van der Waals surface area contributed by atoms with E-state index in [4.69, 9.17) is 5.73 Å². The van der Waals surface area contributed by atoms with Gasteiger partial charge in [-0.05, 0) is 17.7 Å². The molecule has 0 amide bonds. The zero-order chi connectivity index (χ0) is 17.1. The number of nitrogen functional groups attached to an aromatic ring is 1. The van der Waals surface area contributed by atoms with Gasteiger partial charge in [-0.2, -0.15) is 0 Å². The Morgan fingerprint density at radius 1 is 1.00 bits per heavy atom. The summed E-state index contributed by atoms with van der Waals surface area (Å²) in [6.45, 7) is 0.485. The number of rotatable bonds is 4. The molecule has 0 atom stereocenters. The third-order valence-electron chi connectivity index (χ3n) is 3.69. The summed E-state index contributed by atoms with van der Waals surface area (Å²) in [6, 6.07) is 11.2. The Labute approximate surface area is 138 Å². The zero-order valence-electron chi connectivity index (χ0n) is 13.1. The van der Waals surface area contributed by atoms with Crippen molar-refractivity contribution in [1.82, 2.24) is 9.97 Å². The molecule has 122 valence electrons. The molecule has 0 saturated carbocycles. The second kappa shape index (κ2) is 6.62. The summed E-state index contributed by atoms with van der Waals surface area (Å²) in [5.41, 5.74) is 8.64. The molecular weight excluding hydrogens is 310 g/mol. The standard InChI is InChI=1S/C18H16F2N4/c1-24(16-7-6-14(19)10-15(16)20)11-12-2-4-13(5-3-12)17-18(21)23-9-8-22-17/h2-10H,11H2,1H3,(H2,21,23). The van der Waals surface area contributed by atoms with Gasteiger partial charge in [0.1, 0.15) is 23.1 Å². The molecule has 24 heavy (non-hydrogen) atoms. The highest BCUT2D eigenvalue weighted by atomic mass is 19.1. The summed E-state index contributed by atoms with van der Waals surface area (Å²) in [7, 11) is 1.75. The molecule has 0 radical (unpaired) electrons. The van der Waals surface area contributed by atoms with Gasteiger partial charge in [0, 0.05) is 37.6 Å². The van der Waals surface area contributed by atoms with Crippen molar-refractivity contribution in [2.45, 2.75) is 6.54 Å². The molecule has 1 aromatic heterocycles. The Bertz CT molecular complexity index is 850. The van der Waals surface area contributed by atoms with Crippen LogP contribution < -0.4 is 10.6 Å². The molecule has 0 aliphatic carbocycles. The van der Waals surface area contributed by atoms with Gasteiger partial charge in [-0.3, -0.25) is 4.98 Å². The fraction of sp³-hybridized carbons (Fsp3) is 0.111. The van der Waals surface area contributed by atoms with Crippen molar-refractivity contribution < 1.29 is 8.78 Å². The summed E-state index contributed by atoms with van der Waals surface area (Å²) in [5, 5.41) is 0. The van der Waals surface area contributed by atoms with Crippen LogP contribution in [0.2, 0.25) is 0 Å². The number of hydrogen-bond acceptors (Lipinski definition) is 4. The topological polar surface area (TPSA) is 55.0 Å². The van der Waals surface area contributed by atoms with Crippen molar-refractivity contribution >= 4 is 11.5 Å².